The van der Waals surface area contributed by atoms with Crippen LogP contribution in [0.4, 0.5) is 0 Å². The Hall–Kier alpha value is -0.300. The summed E-state index contributed by atoms with van der Waals surface area (Å²) < 4.78 is 0. The van der Waals surface area contributed by atoms with Crippen LogP contribution in [0.2, 0.25) is 0 Å². The summed E-state index contributed by atoms with van der Waals surface area (Å²) in [4.78, 5) is 2.59. The molecule has 0 aliphatic carbocycles. The van der Waals surface area contributed by atoms with Crippen LogP contribution in [0.5, 0.6) is 0 Å². The zero-order chi connectivity index (χ0) is 10.6. The lowest BCUT2D eigenvalue weighted by atomic mass is 9.90. The Kier molecular flexibility index (Phi) is 4.67. The largest absolute Gasteiger partial charge is 0.297 e. The monoisotopic (exact) mass is 195 g/mol. The zero-order valence-corrected chi connectivity index (χ0v) is 10.2. The summed E-state index contributed by atoms with van der Waals surface area (Å²) in [5, 5.41) is 0. The van der Waals surface area contributed by atoms with Gasteiger partial charge in [0.1, 0.15) is 0 Å². The Labute approximate surface area is 89.2 Å². The first-order chi connectivity index (χ1) is 6.69. The number of nitrogens with zero attached hydrogens (tertiary/aromatic N) is 1. The molecule has 1 heterocycles. The highest BCUT2D eigenvalue weighted by atomic mass is 15.1. The van der Waals surface area contributed by atoms with E-state index in [0.29, 0.717) is 6.04 Å². The van der Waals surface area contributed by atoms with Gasteiger partial charge in [0, 0.05) is 19.1 Å². The topological polar surface area (TPSA) is 3.24 Å². The minimum atomic E-state index is 0.702. The second-order valence-electron chi connectivity index (χ2n) is 4.65. The van der Waals surface area contributed by atoms with Gasteiger partial charge in [-0.25, -0.2) is 0 Å². The second-order valence-corrected chi connectivity index (χ2v) is 4.65. The van der Waals surface area contributed by atoms with E-state index in [9.17, 15) is 0 Å². The molecule has 1 aliphatic rings. The molecule has 0 amide bonds. The molecule has 0 atom stereocenters. The van der Waals surface area contributed by atoms with Crippen molar-refractivity contribution in [2.75, 3.05) is 13.1 Å². The van der Waals surface area contributed by atoms with Gasteiger partial charge in [-0.15, -0.1) is 0 Å². The molecular weight excluding hydrogens is 170 g/mol. The molecule has 1 rings (SSSR count). The van der Waals surface area contributed by atoms with Gasteiger partial charge in [-0.2, -0.15) is 0 Å². The smallest absolute Gasteiger partial charge is 0.0198 e. The van der Waals surface area contributed by atoms with Crippen LogP contribution in [-0.4, -0.2) is 24.0 Å². The van der Waals surface area contributed by atoms with Gasteiger partial charge in [0.25, 0.3) is 0 Å². The van der Waals surface area contributed by atoms with E-state index < -0.39 is 0 Å². The zero-order valence-electron chi connectivity index (χ0n) is 10.2. The summed E-state index contributed by atoms with van der Waals surface area (Å²) in [6.07, 6.45) is 6.34. The molecule has 0 saturated heterocycles. The third kappa shape index (κ3) is 2.84. The normalized spacial score (nSPS) is 19.1. The highest BCUT2D eigenvalue weighted by Crippen LogP contribution is 2.24. The van der Waals surface area contributed by atoms with Crippen LogP contribution in [0, 0.1) is 5.92 Å². The van der Waals surface area contributed by atoms with Crippen molar-refractivity contribution in [1.82, 2.24) is 4.90 Å². The molecule has 1 aliphatic heterocycles. The summed E-state index contributed by atoms with van der Waals surface area (Å²) in [6.45, 7) is 11.7. The molecular formula is C13H25N. The van der Waals surface area contributed by atoms with Crippen LogP contribution in [0.1, 0.15) is 47.0 Å². The molecule has 0 N–H and O–H groups in total. The fourth-order valence-corrected chi connectivity index (χ4v) is 2.34. The van der Waals surface area contributed by atoms with Crippen molar-refractivity contribution < 1.29 is 0 Å². The Morgan fingerprint density at radius 3 is 2.43 bits per heavy atom. The highest BCUT2D eigenvalue weighted by molar-refractivity contribution is 5.12. The Morgan fingerprint density at radius 2 is 1.93 bits per heavy atom. The predicted molar refractivity (Wildman–Crippen MR) is 63.5 cm³/mol. The SMILES string of the molecule is CCC(CC)C1=CCCN(C(C)C)C1. The van der Waals surface area contributed by atoms with Crippen molar-refractivity contribution in [2.24, 2.45) is 5.92 Å². The molecule has 1 heteroatoms. The van der Waals surface area contributed by atoms with Crippen molar-refractivity contribution in [3.05, 3.63) is 11.6 Å². The first-order valence-corrected chi connectivity index (χ1v) is 6.12. The average Bonchev–Trinajstić information content (AvgIpc) is 2.20. The van der Waals surface area contributed by atoms with Gasteiger partial charge in [0.15, 0.2) is 0 Å². The molecule has 0 aromatic rings. The standard InChI is InChI=1S/C13H25N/c1-5-12(6-2)13-8-7-9-14(10-13)11(3)4/h8,11-12H,5-7,9-10H2,1-4H3. The van der Waals surface area contributed by atoms with Crippen molar-refractivity contribution in [3.8, 4) is 0 Å². The summed E-state index contributed by atoms with van der Waals surface area (Å²) >= 11 is 0. The van der Waals surface area contributed by atoms with Crippen LogP contribution in [-0.2, 0) is 0 Å². The van der Waals surface area contributed by atoms with Gasteiger partial charge < -0.3 is 0 Å². The number of hydrogen-bond donors (Lipinski definition) is 0. The molecule has 0 radical (unpaired) electrons. The van der Waals surface area contributed by atoms with Crippen LogP contribution < -0.4 is 0 Å². The third-order valence-corrected chi connectivity index (χ3v) is 3.45. The van der Waals surface area contributed by atoms with Crippen LogP contribution >= 0.6 is 0 Å². The molecule has 0 unspecified atom stereocenters. The van der Waals surface area contributed by atoms with E-state index in [1.165, 1.54) is 32.4 Å². The maximum atomic E-state index is 2.59. The second kappa shape index (κ2) is 5.55. The van der Waals surface area contributed by atoms with E-state index >= 15 is 0 Å². The van der Waals surface area contributed by atoms with E-state index in [4.69, 9.17) is 0 Å². The van der Waals surface area contributed by atoms with E-state index in [0.717, 1.165) is 5.92 Å². The lowest BCUT2D eigenvalue weighted by Crippen LogP contribution is -2.37. The van der Waals surface area contributed by atoms with E-state index in [1.807, 2.05) is 0 Å². The van der Waals surface area contributed by atoms with Gasteiger partial charge in [-0.05, 0) is 39.0 Å². The van der Waals surface area contributed by atoms with Gasteiger partial charge in [0.05, 0.1) is 0 Å². The molecule has 82 valence electrons. The lowest BCUT2D eigenvalue weighted by Gasteiger charge is -2.33. The van der Waals surface area contributed by atoms with Crippen molar-refractivity contribution in [3.63, 3.8) is 0 Å². The van der Waals surface area contributed by atoms with Gasteiger partial charge in [0.2, 0.25) is 0 Å². The molecule has 14 heavy (non-hydrogen) atoms. The summed E-state index contributed by atoms with van der Waals surface area (Å²) in [5.41, 5.74) is 1.69. The third-order valence-electron chi connectivity index (χ3n) is 3.45. The molecule has 0 fully saturated rings. The Morgan fingerprint density at radius 1 is 1.29 bits per heavy atom. The summed E-state index contributed by atoms with van der Waals surface area (Å²) in [5.74, 6) is 0.830. The van der Waals surface area contributed by atoms with Crippen molar-refractivity contribution in [1.29, 1.82) is 0 Å². The van der Waals surface area contributed by atoms with Crippen molar-refractivity contribution >= 4 is 0 Å². The average molecular weight is 195 g/mol. The maximum Gasteiger partial charge on any atom is 0.0198 e. The molecule has 0 saturated carbocycles. The van der Waals surface area contributed by atoms with Crippen LogP contribution in [0.15, 0.2) is 11.6 Å². The van der Waals surface area contributed by atoms with E-state index in [-0.39, 0.29) is 0 Å². The first-order valence-electron chi connectivity index (χ1n) is 6.12. The predicted octanol–water partition coefficient (Wildman–Crippen LogP) is 3.46. The molecule has 0 aromatic carbocycles. The fourth-order valence-electron chi connectivity index (χ4n) is 2.34. The minimum absolute atomic E-state index is 0.702. The number of hydrogen-bond acceptors (Lipinski definition) is 1. The van der Waals surface area contributed by atoms with E-state index in [2.05, 4.69) is 38.7 Å². The quantitative estimate of drug-likeness (QED) is 0.621. The fraction of sp³-hybridized carbons (Fsp3) is 0.846. The lowest BCUT2D eigenvalue weighted by molar-refractivity contribution is 0.225. The number of rotatable bonds is 4. The first kappa shape index (κ1) is 11.8. The van der Waals surface area contributed by atoms with Crippen LogP contribution in [0.3, 0.4) is 0 Å². The van der Waals surface area contributed by atoms with Gasteiger partial charge >= 0.3 is 0 Å². The maximum absolute atomic E-state index is 2.59. The van der Waals surface area contributed by atoms with Crippen LogP contribution in [0.25, 0.3) is 0 Å². The summed E-state index contributed by atoms with van der Waals surface area (Å²) in [6, 6.07) is 0.702. The molecule has 0 aromatic heterocycles. The van der Waals surface area contributed by atoms with Gasteiger partial charge in [-0.1, -0.05) is 25.5 Å². The molecule has 0 bridgehead atoms. The van der Waals surface area contributed by atoms with Gasteiger partial charge in [-0.3, -0.25) is 4.90 Å². The Balaban J connectivity index is 2.58. The Bertz CT molecular complexity index is 189. The molecule has 1 nitrogen and oxygen atoms in total. The summed E-state index contributed by atoms with van der Waals surface area (Å²) in [7, 11) is 0. The van der Waals surface area contributed by atoms with E-state index in [1.54, 1.807) is 5.57 Å². The van der Waals surface area contributed by atoms with Crippen molar-refractivity contribution in [2.45, 2.75) is 53.0 Å². The molecule has 0 spiro atoms. The highest BCUT2D eigenvalue weighted by Gasteiger charge is 2.19. The minimum Gasteiger partial charge on any atom is -0.297 e.